The van der Waals surface area contributed by atoms with Gasteiger partial charge < -0.3 is 5.32 Å². The van der Waals surface area contributed by atoms with Crippen molar-refractivity contribution in [2.24, 2.45) is 5.92 Å². The van der Waals surface area contributed by atoms with Crippen molar-refractivity contribution >= 4 is 15.9 Å². The number of hydrogen-bond acceptors (Lipinski definition) is 1. The zero-order valence-corrected chi connectivity index (χ0v) is 13.8. The van der Waals surface area contributed by atoms with E-state index in [0.717, 1.165) is 12.5 Å². The van der Waals surface area contributed by atoms with E-state index >= 15 is 0 Å². The number of halogens is 1. The lowest BCUT2D eigenvalue weighted by Gasteiger charge is -2.23. The van der Waals surface area contributed by atoms with Gasteiger partial charge in [-0.1, -0.05) is 54.6 Å². The Bertz CT molecular complexity index is 376. The molecule has 0 spiro atoms. The summed E-state index contributed by atoms with van der Waals surface area (Å²) in [7, 11) is 0. The van der Waals surface area contributed by atoms with Crippen LogP contribution in [0, 0.1) is 12.8 Å². The van der Waals surface area contributed by atoms with Gasteiger partial charge in [0.15, 0.2) is 0 Å². The minimum absolute atomic E-state index is 0.527. The maximum atomic E-state index is 3.75. The highest BCUT2D eigenvalue weighted by Gasteiger charge is 2.21. The Morgan fingerprint density at radius 2 is 2.00 bits per heavy atom. The summed E-state index contributed by atoms with van der Waals surface area (Å²) in [4.78, 5) is 0. The van der Waals surface area contributed by atoms with Gasteiger partial charge >= 0.3 is 0 Å². The number of aryl methyl sites for hydroxylation is 1. The minimum atomic E-state index is 0.527. The van der Waals surface area contributed by atoms with Crippen LogP contribution in [0.5, 0.6) is 0 Å². The average molecular weight is 324 g/mol. The predicted octanol–water partition coefficient (Wildman–Crippen LogP) is 5.38. The van der Waals surface area contributed by atoms with E-state index < -0.39 is 0 Å². The molecule has 1 aliphatic carbocycles. The van der Waals surface area contributed by atoms with Crippen LogP contribution in [-0.4, -0.2) is 6.54 Å². The first-order valence-corrected chi connectivity index (χ1v) is 8.49. The van der Waals surface area contributed by atoms with E-state index in [4.69, 9.17) is 0 Å². The van der Waals surface area contributed by atoms with Crippen LogP contribution in [-0.2, 0) is 0 Å². The van der Waals surface area contributed by atoms with Crippen LogP contribution in [0.3, 0.4) is 0 Å². The van der Waals surface area contributed by atoms with Gasteiger partial charge in [-0.3, -0.25) is 0 Å². The highest BCUT2D eigenvalue weighted by atomic mass is 79.9. The molecular formula is C17H26BrN. The molecule has 19 heavy (non-hydrogen) atoms. The summed E-state index contributed by atoms with van der Waals surface area (Å²) in [6.07, 6.45) is 8.23. The van der Waals surface area contributed by atoms with Crippen molar-refractivity contribution in [2.75, 3.05) is 6.54 Å². The lowest BCUT2D eigenvalue weighted by atomic mass is 9.93. The molecule has 1 fully saturated rings. The van der Waals surface area contributed by atoms with Crippen LogP contribution in [0.2, 0.25) is 0 Å². The maximum Gasteiger partial charge on any atom is 0.0323 e. The third kappa shape index (κ3) is 4.61. The van der Waals surface area contributed by atoms with Crippen molar-refractivity contribution in [3.63, 3.8) is 0 Å². The molecule has 1 atom stereocenters. The Morgan fingerprint density at radius 3 is 2.63 bits per heavy atom. The van der Waals surface area contributed by atoms with E-state index in [-0.39, 0.29) is 0 Å². The Balaban J connectivity index is 2.10. The van der Waals surface area contributed by atoms with Crippen molar-refractivity contribution in [3.05, 3.63) is 33.8 Å². The fourth-order valence-electron chi connectivity index (χ4n) is 3.20. The molecule has 0 amide bonds. The van der Waals surface area contributed by atoms with Gasteiger partial charge in [-0.15, -0.1) is 0 Å². The third-order valence-electron chi connectivity index (χ3n) is 4.15. The van der Waals surface area contributed by atoms with Crippen LogP contribution in [0.25, 0.3) is 0 Å². The molecule has 0 saturated heterocycles. The average Bonchev–Trinajstić information content (AvgIpc) is 2.86. The van der Waals surface area contributed by atoms with E-state index in [2.05, 4.69) is 53.3 Å². The molecule has 2 heteroatoms. The molecule has 0 heterocycles. The molecule has 106 valence electrons. The Hall–Kier alpha value is -0.340. The highest BCUT2D eigenvalue weighted by Crippen LogP contribution is 2.34. The molecule has 0 radical (unpaired) electrons. The molecule has 1 N–H and O–H groups in total. The van der Waals surface area contributed by atoms with Crippen LogP contribution in [0.15, 0.2) is 22.7 Å². The van der Waals surface area contributed by atoms with Gasteiger partial charge in [0, 0.05) is 10.5 Å². The van der Waals surface area contributed by atoms with Crippen molar-refractivity contribution in [3.8, 4) is 0 Å². The number of nitrogens with one attached hydrogen (secondary N) is 1. The Morgan fingerprint density at radius 1 is 1.26 bits per heavy atom. The van der Waals surface area contributed by atoms with Crippen LogP contribution < -0.4 is 5.32 Å². The first-order chi connectivity index (χ1) is 9.19. The SMILES string of the molecule is CCCNC(CC1CCCC1)c1cc(C)cc(Br)c1. The quantitative estimate of drug-likeness (QED) is 0.741. The lowest BCUT2D eigenvalue weighted by Crippen LogP contribution is -2.24. The molecule has 1 nitrogen and oxygen atoms in total. The minimum Gasteiger partial charge on any atom is -0.310 e. The second-order valence-corrected chi connectivity index (χ2v) is 6.87. The topological polar surface area (TPSA) is 12.0 Å². The van der Waals surface area contributed by atoms with Gasteiger partial charge in [-0.2, -0.15) is 0 Å². The summed E-state index contributed by atoms with van der Waals surface area (Å²) in [6, 6.07) is 7.34. The first kappa shape index (κ1) is 15.1. The smallest absolute Gasteiger partial charge is 0.0323 e. The van der Waals surface area contributed by atoms with Crippen LogP contribution in [0.1, 0.15) is 62.6 Å². The van der Waals surface area contributed by atoms with Gasteiger partial charge in [0.05, 0.1) is 0 Å². The third-order valence-corrected chi connectivity index (χ3v) is 4.61. The summed E-state index contributed by atoms with van der Waals surface area (Å²) in [5.41, 5.74) is 2.80. The second kappa shape index (κ2) is 7.44. The van der Waals surface area contributed by atoms with Crippen molar-refractivity contribution < 1.29 is 0 Å². The molecule has 0 aliphatic heterocycles. The number of benzene rings is 1. The normalized spacial score (nSPS) is 17.8. The van der Waals surface area contributed by atoms with Crippen molar-refractivity contribution in [2.45, 2.75) is 58.4 Å². The molecule has 1 saturated carbocycles. The maximum absolute atomic E-state index is 3.75. The first-order valence-electron chi connectivity index (χ1n) is 7.69. The van der Waals surface area contributed by atoms with E-state index in [1.54, 1.807) is 0 Å². The van der Waals surface area contributed by atoms with Crippen LogP contribution in [0.4, 0.5) is 0 Å². The molecule has 2 rings (SSSR count). The molecule has 0 aromatic heterocycles. The summed E-state index contributed by atoms with van der Waals surface area (Å²) in [5.74, 6) is 0.925. The van der Waals surface area contributed by atoms with Gasteiger partial charge in [0.2, 0.25) is 0 Å². The second-order valence-electron chi connectivity index (χ2n) is 5.95. The molecule has 0 bridgehead atoms. The summed E-state index contributed by atoms with van der Waals surface area (Å²) in [6.45, 7) is 5.54. The standard InChI is InChI=1S/C17H26BrN/c1-3-8-19-17(11-14-6-4-5-7-14)15-9-13(2)10-16(18)12-15/h9-10,12,14,17,19H,3-8,11H2,1-2H3. The van der Waals surface area contributed by atoms with Gasteiger partial charge in [-0.05, 0) is 55.5 Å². The van der Waals surface area contributed by atoms with Crippen molar-refractivity contribution in [1.82, 2.24) is 5.32 Å². The Labute approximate surface area is 126 Å². The zero-order valence-electron chi connectivity index (χ0n) is 12.2. The fraction of sp³-hybridized carbons (Fsp3) is 0.647. The zero-order chi connectivity index (χ0) is 13.7. The number of hydrogen-bond donors (Lipinski definition) is 1. The fourth-order valence-corrected chi connectivity index (χ4v) is 3.83. The summed E-state index contributed by atoms with van der Waals surface area (Å²) in [5, 5.41) is 3.75. The lowest BCUT2D eigenvalue weighted by molar-refractivity contribution is 0.395. The van der Waals surface area contributed by atoms with Gasteiger partial charge in [0.1, 0.15) is 0 Å². The molecule has 1 aliphatic rings. The summed E-state index contributed by atoms with van der Waals surface area (Å²) < 4.78 is 1.21. The summed E-state index contributed by atoms with van der Waals surface area (Å²) >= 11 is 3.63. The van der Waals surface area contributed by atoms with Gasteiger partial charge in [-0.25, -0.2) is 0 Å². The molecule has 1 aromatic carbocycles. The monoisotopic (exact) mass is 323 g/mol. The van der Waals surface area contributed by atoms with Crippen molar-refractivity contribution in [1.29, 1.82) is 0 Å². The van der Waals surface area contributed by atoms with E-state index in [1.807, 2.05) is 0 Å². The largest absolute Gasteiger partial charge is 0.310 e. The Kier molecular flexibility index (Phi) is 5.90. The van der Waals surface area contributed by atoms with Crippen LogP contribution >= 0.6 is 15.9 Å². The van der Waals surface area contributed by atoms with Gasteiger partial charge in [0.25, 0.3) is 0 Å². The molecule has 1 aromatic rings. The van der Waals surface area contributed by atoms with E-state index in [1.165, 1.54) is 54.1 Å². The van der Waals surface area contributed by atoms with E-state index in [9.17, 15) is 0 Å². The molecule has 1 unspecified atom stereocenters. The number of rotatable bonds is 6. The highest BCUT2D eigenvalue weighted by molar-refractivity contribution is 9.10. The van der Waals surface area contributed by atoms with E-state index in [0.29, 0.717) is 6.04 Å². The predicted molar refractivity (Wildman–Crippen MR) is 86.5 cm³/mol. The molecular weight excluding hydrogens is 298 g/mol.